The molecule has 3 heterocycles. The van der Waals surface area contributed by atoms with Crippen LogP contribution in [-0.2, 0) is 9.71 Å². The average molecular weight is 422 g/mol. The van der Waals surface area contributed by atoms with Crippen molar-refractivity contribution in [3.8, 4) is 11.4 Å². The molecule has 7 nitrogen and oxygen atoms in total. The third kappa shape index (κ3) is 3.42. The molecule has 1 aliphatic heterocycles. The Bertz CT molecular complexity index is 1250. The van der Waals surface area contributed by atoms with Crippen LogP contribution in [0.5, 0.6) is 0 Å². The van der Waals surface area contributed by atoms with Crippen molar-refractivity contribution in [2.45, 2.75) is 30.6 Å². The van der Waals surface area contributed by atoms with Gasteiger partial charge in [0.1, 0.15) is 5.82 Å². The largest absolute Gasteiger partial charge is 0.342 e. The van der Waals surface area contributed by atoms with E-state index in [2.05, 4.69) is 21.0 Å². The Morgan fingerprint density at radius 1 is 1.10 bits per heavy atom. The van der Waals surface area contributed by atoms with Crippen LogP contribution >= 0.6 is 0 Å². The Labute approximate surface area is 175 Å². The van der Waals surface area contributed by atoms with Crippen LogP contribution in [0.25, 0.3) is 22.4 Å². The molecule has 5 rings (SSSR count). The maximum atomic E-state index is 13.5. The van der Waals surface area contributed by atoms with Crippen LogP contribution in [0.4, 0.5) is 0 Å². The first-order valence-corrected chi connectivity index (χ1v) is 11.7. The van der Waals surface area contributed by atoms with Crippen LogP contribution in [0, 0.1) is 6.92 Å². The molecular formula is C22H23N5O2S. The highest BCUT2D eigenvalue weighted by molar-refractivity contribution is 7.98. The number of rotatable bonds is 4. The van der Waals surface area contributed by atoms with Gasteiger partial charge in [-0.1, -0.05) is 17.3 Å². The first-order chi connectivity index (χ1) is 14.5. The van der Waals surface area contributed by atoms with Gasteiger partial charge in [-0.25, -0.2) is 13.5 Å². The molecule has 0 spiro atoms. The van der Waals surface area contributed by atoms with Gasteiger partial charge < -0.3 is 9.51 Å². The SMILES string of the molecule is C=S(=O)(c1ccc(-c2noc(C)n2)cc1)N1CCC(c2nc3ccccc3[nH]2)CC1. The molecule has 1 fully saturated rings. The number of fused-ring (bicyclic) bond motifs is 1. The zero-order chi connectivity index (χ0) is 20.7. The number of aromatic nitrogens is 4. The maximum absolute atomic E-state index is 13.5. The van der Waals surface area contributed by atoms with Crippen LogP contribution in [0.1, 0.15) is 30.5 Å². The lowest BCUT2D eigenvalue weighted by Gasteiger charge is -2.33. The van der Waals surface area contributed by atoms with Gasteiger partial charge in [-0.2, -0.15) is 4.98 Å². The molecule has 154 valence electrons. The summed E-state index contributed by atoms with van der Waals surface area (Å²) in [5.41, 5.74) is 2.88. The number of piperidine rings is 1. The number of aryl methyl sites for hydroxylation is 1. The van der Waals surface area contributed by atoms with Crippen LogP contribution in [0.3, 0.4) is 0 Å². The van der Waals surface area contributed by atoms with Crippen molar-refractivity contribution < 1.29 is 8.73 Å². The summed E-state index contributed by atoms with van der Waals surface area (Å²) in [6, 6.07) is 15.5. The molecule has 2 aromatic heterocycles. The number of benzene rings is 2. The van der Waals surface area contributed by atoms with E-state index in [0.717, 1.165) is 48.4 Å². The molecule has 0 amide bonds. The van der Waals surface area contributed by atoms with Crippen molar-refractivity contribution in [2.24, 2.45) is 0 Å². The van der Waals surface area contributed by atoms with Crippen molar-refractivity contribution >= 4 is 26.6 Å². The molecule has 30 heavy (non-hydrogen) atoms. The molecule has 0 radical (unpaired) electrons. The zero-order valence-corrected chi connectivity index (χ0v) is 17.6. The smallest absolute Gasteiger partial charge is 0.223 e. The molecule has 1 N–H and O–H groups in total. The van der Waals surface area contributed by atoms with E-state index >= 15 is 0 Å². The van der Waals surface area contributed by atoms with Gasteiger partial charge in [-0.05, 0) is 55.1 Å². The predicted molar refractivity (Wildman–Crippen MR) is 118 cm³/mol. The summed E-state index contributed by atoms with van der Waals surface area (Å²) in [5, 5.41) is 3.93. The number of nitrogens with one attached hydrogen (secondary N) is 1. The predicted octanol–water partition coefficient (Wildman–Crippen LogP) is 3.79. The summed E-state index contributed by atoms with van der Waals surface area (Å²) in [6.07, 6.45) is 1.79. The summed E-state index contributed by atoms with van der Waals surface area (Å²) in [7, 11) is -2.55. The lowest BCUT2D eigenvalue weighted by atomic mass is 9.97. The first-order valence-electron chi connectivity index (χ1n) is 9.98. The molecule has 1 saturated heterocycles. The molecule has 0 bridgehead atoms. The van der Waals surface area contributed by atoms with Gasteiger partial charge in [-0.3, -0.25) is 0 Å². The molecule has 8 heteroatoms. The standard InChI is InChI=1S/C22H23N5O2S/c1-15-23-22(26-29-15)16-7-9-18(10-8-16)30(2,28)27-13-11-17(12-14-27)21-24-19-5-3-4-6-20(19)25-21/h3-10,17H,2,11-14H2,1H3,(H,24,25). The van der Waals surface area contributed by atoms with Gasteiger partial charge in [0.25, 0.3) is 0 Å². The van der Waals surface area contributed by atoms with E-state index in [4.69, 9.17) is 9.51 Å². The normalized spacial score (nSPS) is 17.9. The molecule has 1 aliphatic rings. The van der Waals surface area contributed by atoms with E-state index in [0.29, 0.717) is 22.5 Å². The van der Waals surface area contributed by atoms with Crippen LogP contribution in [-0.4, -0.2) is 47.6 Å². The van der Waals surface area contributed by atoms with Crippen molar-refractivity contribution in [2.75, 3.05) is 13.1 Å². The number of hydrogen-bond acceptors (Lipinski definition) is 5. The zero-order valence-electron chi connectivity index (χ0n) is 16.7. The molecule has 0 saturated carbocycles. The van der Waals surface area contributed by atoms with Crippen molar-refractivity contribution in [1.29, 1.82) is 0 Å². The summed E-state index contributed by atoms with van der Waals surface area (Å²) >= 11 is 0. The number of imidazole rings is 1. The number of H-pyrrole nitrogens is 1. The number of aromatic amines is 1. The van der Waals surface area contributed by atoms with Gasteiger partial charge in [0.2, 0.25) is 11.7 Å². The Morgan fingerprint density at radius 2 is 1.83 bits per heavy atom. The van der Waals surface area contributed by atoms with Gasteiger partial charge in [0.05, 0.1) is 20.7 Å². The van der Waals surface area contributed by atoms with E-state index < -0.39 is 9.71 Å². The highest BCUT2D eigenvalue weighted by atomic mass is 32.2. The number of para-hydroxylation sites is 2. The second-order valence-electron chi connectivity index (χ2n) is 7.64. The monoisotopic (exact) mass is 421 g/mol. The highest BCUT2D eigenvalue weighted by Gasteiger charge is 2.28. The van der Waals surface area contributed by atoms with Crippen LogP contribution in [0.15, 0.2) is 57.9 Å². The first kappa shape index (κ1) is 19.0. The van der Waals surface area contributed by atoms with Crippen molar-refractivity contribution in [3.05, 3.63) is 60.2 Å². The van der Waals surface area contributed by atoms with Gasteiger partial charge in [0.15, 0.2) is 0 Å². The minimum Gasteiger partial charge on any atom is -0.342 e. The third-order valence-electron chi connectivity index (χ3n) is 5.67. The summed E-state index contributed by atoms with van der Waals surface area (Å²) in [6.45, 7) is 3.19. The van der Waals surface area contributed by atoms with Gasteiger partial charge in [-0.15, -0.1) is 0 Å². The lowest BCUT2D eigenvalue weighted by Crippen LogP contribution is -2.38. The molecule has 2 aromatic carbocycles. The fourth-order valence-corrected chi connectivity index (χ4v) is 5.63. The van der Waals surface area contributed by atoms with E-state index in [1.807, 2.05) is 52.8 Å². The van der Waals surface area contributed by atoms with E-state index in [9.17, 15) is 4.21 Å². The fraction of sp³-hybridized carbons (Fsp3) is 0.273. The second-order valence-corrected chi connectivity index (χ2v) is 9.91. The van der Waals surface area contributed by atoms with Crippen LogP contribution in [0.2, 0.25) is 0 Å². The van der Waals surface area contributed by atoms with Crippen LogP contribution < -0.4 is 0 Å². The number of hydrogen-bond donors (Lipinski definition) is 1. The summed E-state index contributed by atoms with van der Waals surface area (Å²) in [5.74, 6) is 6.49. The van der Waals surface area contributed by atoms with E-state index in [1.165, 1.54) is 0 Å². The minimum atomic E-state index is -2.55. The molecule has 1 atom stereocenters. The second kappa shape index (κ2) is 7.37. The molecule has 1 unspecified atom stereocenters. The maximum Gasteiger partial charge on any atom is 0.223 e. The third-order valence-corrected chi connectivity index (χ3v) is 7.88. The van der Waals surface area contributed by atoms with Crippen molar-refractivity contribution in [3.63, 3.8) is 0 Å². The topological polar surface area (TPSA) is 87.9 Å². The molecular weight excluding hydrogens is 398 g/mol. The van der Waals surface area contributed by atoms with Crippen molar-refractivity contribution in [1.82, 2.24) is 24.4 Å². The van der Waals surface area contributed by atoms with E-state index in [-0.39, 0.29) is 0 Å². The minimum absolute atomic E-state index is 0.340. The van der Waals surface area contributed by atoms with Gasteiger partial charge in [0, 0.05) is 36.4 Å². The lowest BCUT2D eigenvalue weighted by molar-refractivity contribution is 0.327. The van der Waals surface area contributed by atoms with E-state index in [1.54, 1.807) is 6.92 Å². The average Bonchev–Trinajstić information content (AvgIpc) is 3.40. The Hall–Kier alpha value is -2.97. The number of nitrogens with zero attached hydrogens (tertiary/aromatic N) is 4. The molecule has 0 aliphatic carbocycles. The molecule has 4 aromatic rings. The Kier molecular flexibility index (Phi) is 4.67. The Morgan fingerprint density at radius 3 is 2.50 bits per heavy atom. The van der Waals surface area contributed by atoms with Gasteiger partial charge >= 0.3 is 0 Å². The highest BCUT2D eigenvalue weighted by Crippen LogP contribution is 2.31. The summed E-state index contributed by atoms with van der Waals surface area (Å²) < 4.78 is 20.6. The Balaban J connectivity index is 1.30. The fourth-order valence-electron chi connectivity index (χ4n) is 3.97. The quantitative estimate of drug-likeness (QED) is 0.507. The summed E-state index contributed by atoms with van der Waals surface area (Å²) in [4.78, 5) is 13.1.